The Labute approximate surface area is 89.9 Å². The van der Waals surface area contributed by atoms with Crippen LogP contribution in [-0.2, 0) is 14.8 Å². The van der Waals surface area contributed by atoms with Crippen molar-refractivity contribution in [2.45, 2.75) is 26.3 Å². The number of carboxylic acids is 1. The number of nitrogens with two attached hydrogens (primary N) is 1. The van der Waals surface area contributed by atoms with Crippen LogP contribution < -0.4 is 10.5 Å². The maximum absolute atomic E-state index is 11.2. The number of nitrogens with one attached hydrogen (secondary N) is 1. The summed E-state index contributed by atoms with van der Waals surface area (Å²) in [5.74, 6) is -1.37. The summed E-state index contributed by atoms with van der Waals surface area (Å²) in [4.78, 5) is 10.2. The van der Waals surface area contributed by atoms with Gasteiger partial charge in [0.25, 0.3) is 0 Å². The molecule has 0 aromatic carbocycles. The Hall–Kier alpha value is -0.660. The van der Waals surface area contributed by atoms with E-state index in [1.807, 2.05) is 13.8 Å². The lowest BCUT2D eigenvalue weighted by Crippen LogP contribution is -2.41. The molecule has 90 valence electrons. The standard InChI is InChI=1S/C8H18N2O4S/c1-6(2)7(9)5-10-15(13,14)4-3-8(11)12/h6-7,10H,3-5,9H2,1-2H3,(H,11,12). The number of rotatable bonds is 7. The van der Waals surface area contributed by atoms with Gasteiger partial charge in [0.15, 0.2) is 0 Å². The third kappa shape index (κ3) is 7.29. The molecule has 4 N–H and O–H groups in total. The summed E-state index contributed by atoms with van der Waals surface area (Å²) in [6.07, 6.45) is -0.397. The van der Waals surface area contributed by atoms with Gasteiger partial charge in [0.2, 0.25) is 10.0 Å². The molecule has 0 amide bonds. The second kappa shape index (κ2) is 6.04. The van der Waals surface area contributed by atoms with E-state index in [0.717, 1.165) is 0 Å². The minimum Gasteiger partial charge on any atom is -0.481 e. The van der Waals surface area contributed by atoms with Crippen LogP contribution in [-0.4, -0.2) is 37.8 Å². The molecule has 0 aromatic rings. The summed E-state index contributed by atoms with van der Waals surface area (Å²) in [6.45, 7) is 3.91. The highest BCUT2D eigenvalue weighted by atomic mass is 32.2. The van der Waals surface area contributed by atoms with Gasteiger partial charge in [-0.3, -0.25) is 4.79 Å². The van der Waals surface area contributed by atoms with Gasteiger partial charge in [-0.2, -0.15) is 0 Å². The van der Waals surface area contributed by atoms with Crippen LogP contribution in [0.5, 0.6) is 0 Å². The van der Waals surface area contributed by atoms with Crippen LogP contribution in [0.2, 0.25) is 0 Å². The summed E-state index contributed by atoms with van der Waals surface area (Å²) >= 11 is 0. The molecule has 0 radical (unpaired) electrons. The smallest absolute Gasteiger partial charge is 0.304 e. The van der Waals surface area contributed by atoms with Crippen LogP contribution in [0.15, 0.2) is 0 Å². The largest absolute Gasteiger partial charge is 0.481 e. The Kier molecular flexibility index (Phi) is 5.77. The zero-order valence-electron chi connectivity index (χ0n) is 8.93. The van der Waals surface area contributed by atoms with E-state index in [4.69, 9.17) is 10.8 Å². The van der Waals surface area contributed by atoms with Gasteiger partial charge in [0, 0.05) is 12.6 Å². The molecule has 6 nitrogen and oxygen atoms in total. The zero-order valence-corrected chi connectivity index (χ0v) is 9.75. The third-order valence-electron chi connectivity index (χ3n) is 1.98. The molecule has 0 spiro atoms. The monoisotopic (exact) mass is 238 g/mol. The van der Waals surface area contributed by atoms with Crippen LogP contribution >= 0.6 is 0 Å². The first-order valence-electron chi connectivity index (χ1n) is 4.69. The van der Waals surface area contributed by atoms with Crippen LogP contribution in [0.4, 0.5) is 0 Å². The highest BCUT2D eigenvalue weighted by molar-refractivity contribution is 7.89. The van der Waals surface area contributed by atoms with Crippen LogP contribution in [0, 0.1) is 5.92 Å². The normalized spacial score (nSPS) is 14.1. The third-order valence-corrected chi connectivity index (χ3v) is 3.33. The Morgan fingerprint density at radius 1 is 1.47 bits per heavy atom. The van der Waals surface area contributed by atoms with Crippen molar-refractivity contribution in [1.29, 1.82) is 0 Å². The van der Waals surface area contributed by atoms with Crippen molar-refractivity contribution in [3.8, 4) is 0 Å². The minimum atomic E-state index is -3.52. The van der Waals surface area contributed by atoms with Crippen LogP contribution in [0.25, 0.3) is 0 Å². The van der Waals surface area contributed by atoms with Gasteiger partial charge in [-0.25, -0.2) is 13.1 Å². The van der Waals surface area contributed by atoms with Gasteiger partial charge < -0.3 is 10.8 Å². The molecular formula is C8H18N2O4S. The summed E-state index contributed by atoms with van der Waals surface area (Å²) in [5, 5.41) is 8.33. The molecule has 1 atom stereocenters. The van der Waals surface area contributed by atoms with Gasteiger partial charge in [0.1, 0.15) is 0 Å². The Morgan fingerprint density at radius 3 is 2.40 bits per heavy atom. The number of sulfonamides is 1. The van der Waals surface area contributed by atoms with Crippen molar-refractivity contribution in [2.24, 2.45) is 11.7 Å². The molecule has 0 heterocycles. The summed E-state index contributed by atoms with van der Waals surface area (Å²) in [7, 11) is -3.52. The number of carbonyl (C=O) groups is 1. The fourth-order valence-corrected chi connectivity index (χ4v) is 1.79. The highest BCUT2D eigenvalue weighted by Crippen LogP contribution is 1.97. The quantitative estimate of drug-likeness (QED) is 0.546. The zero-order chi connectivity index (χ0) is 12.1. The second-order valence-corrected chi connectivity index (χ2v) is 5.65. The van der Waals surface area contributed by atoms with Gasteiger partial charge in [-0.05, 0) is 5.92 Å². The average Bonchev–Trinajstić information content (AvgIpc) is 2.11. The molecule has 0 aliphatic rings. The van der Waals surface area contributed by atoms with Crippen molar-refractivity contribution in [2.75, 3.05) is 12.3 Å². The first-order chi connectivity index (χ1) is 6.74. The fraction of sp³-hybridized carbons (Fsp3) is 0.875. The molecule has 0 aromatic heterocycles. The van der Waals surface area contributed by atoms with Crippen molar-refractivity contribution < 1.29 is 18.3 Å². The predicted octanol–water partition coefficient (Wildman–Crippen LogP) is -0.636. The van der Waals surface area contributed by atoms with Gasteiger partial charge in [0.05, 0.1) is 12.2 Å². The molecule has 7 heteroatoms. The van der Waals surface area contributed by atoms with E-state index in [-0.39, 0.29) is 18.5 Å². The lowest BCUT2D eigenvalue weighted by atomic mass is 10.1. The molecule has 0 saturated carbocycles. The summed E-state index contributed by atoms with van der Waals surface area (Å²) in [6, 6.07) is -0.260. The fourth-order valence-electron chi connectivity index (χ4n) is 0.753. The van der Waals surface area contributed by atoms with E-state index < -0.39 is 28.2 Å². The van der Waals surface area contributed by atoms with Crippen LogP contribution in [0.1, 0.15) is 20.3 Å². The van der Waals surface area contributed by atoms with E-state index in [1.54, 1.807) is 0 Å². The van der Waals surface area contributed by atoms with E-state index in [2.05, 4.69) is 4.72 Å². The first-order valence-corrected chi connectivity index (χ1v) is 6.34. The molecule has 0 saturated heterocycles. The maximum Gasteiger partial charge on any atom is 0.304 e. The van der Waals surface area contributed by atoms with Crippen LogP contribution in [0.3, 0.4) is 0 Å². The molecular weight excluding hydrogens is 220 g/mol. The van der Waals surface area contributed by atoms with Gasteiger partial charge >= 0.3 is 5.97 Å². The Morgan fingerprint density at radius 2 is 2.00 bits per heavy atom. The maximum atomic E-state index is 11.2. The molecule has 0 bridgehead atoms. The summed E-state index contributed by atoms with van der Waals surface area (Å²) < 4.78 is 24.7. The lowest BCUT2D eigenvalue weighted by molar-refractivity contribution is -0.136. The highest BCUT2D eigenvalue weighted by Gasteiger charge is 2.15. The SMILES string of the molecule is CC(C)C(N)CNS(=O)(=O)CCC(=O)O. The number of hydrogen-bond donors (Lipinski definition) is 3. The van der Waals surface area contributed by atoms with Gasteiger partial charge in [-0.1, -0.05) is 13.8 Å². The average molecular weight is 238 g/mol. The molecule has 0 aliphatic carbocycles. The van der Waals surface area contributed by atoms with Crippen molar-refractivity contribution in [3.63, 3.8) is 0 Å². The molecule has 0 fully saturated rings. The first kappa shape index (κ1) is 14.3. The second-order valence-electron chi connectivity index (χ2n) is 3.72. The number of carboxylic acid groups (broad SMARTS) is 1. The van der Waals surface area contributed by atoms with Crippen molar-refractivity contribution >= 4 is 16.0 Å². The van der Waals surface area contributed by atoms with E-state index >= 15 is 0 Å². The van der Waals surface area contributed by atoms with Crippen molar-refractivity contribution in [1.82, 2.24) is 4.72 Å². The van der Waals surface area contributed by atoms with Crippen molar-refractivity contribution in [3.05, 3.63) is 0 Å². The molecule has 0 rings (SSSR count). The Bertz CT molecular complexity index is 300. The molecule has 1 unspecified atom stereocenters. The van der Waals surface area contributed by atoms with E-state index in [9.17, 15) is 13.2 Å². The number of hydrogen-bond acceptors (Lipinski definition) is 4. The van der Waals surface area contributed by atoms with E-state index in [0.29, 0.717) is 0 Å². The van der Waals surface area contributed by atoms with Gasteiger partial charge in [-0.15, -0.1) is 0 Å². The Balaban J connectivity index is 4.00. The predicted molar refractivity (Wildman–Crippen MR) is 56.9 cm³/mol. The summed E-state index contributed by atoms with van der Waals surface area (Å²) in [5.41, 5.74) is 5.64. The minimum absolute atomic E-state index is 0.139. The number of aliphatic carboxylic acids is 1. The van der Waals surface area contributed by atoms with E-state index in [1.165, 1.54) is 0 Å². The topological polar surface area (TPSA) is 109 Å². The lowest BCUT2D eigenvalue weighted by Gasteiger charge is -2.15. The molecule has 0 aliphatic heterocycles. The molecule has 15 heavy (non-hydrogen) atoms.